The first-order chi connectivity index (χ1) is 12.7. The van der Waals surface area contributed by atoms with Crippen LogP contribution in [-0.2, 0) is 9.53 Å². The minimum Gasteiger partial charge on any atom is -0.369 e. The number of nitrogens with zero attached hydrogens (tertiary/aromatic N) is 1. The Morgan fingerprint density at radius 1 is 1.30 bits per heavy atom. The van der Waals surface area contributed by atoms with Crippen LogP contribution in [0.15, 0.2) is 24.3 Å². The van der Waals surface area contributed by atoms with Crippen LogP contribution in [0.3, 0.4) is 0 Å². The molecular weight excluding hydrogens is 360 g/mol. The molecule has 0 saturated carbocycles. The van der Waals surface area contributed by atoms with Crippen LogP contribution in [0.25, 0.3) is 10.1 Å². The minimum absolute atomic E-state index is 0.000201. The minimum atomic E-state index is -0.830. The van der Waals surface area contributed by atoms with Crippen molar-refractivity contribution in [3.8, 4) is 0 Å². The van der Waals surface area contributed by atoms with Gasteiger partial charge in [-0.2, -0.15) is 0 Å². The van der Waals surface area contributed by atoms with Crippen molar-refractivity contribution in [2.24, 2.45) is 0 Å². The largest absolute Gasteiger partial charge is 0.369 e. The molecule has 2 amide bonds. The van der Waals surface area contributed by atoms with Crippen LogP contribution >= 0.6 is 11.3 Å². The van der Waals surface area contributed by atoms with Crippen LogP contribution in [0.1, 0.15) is 55.3 Å². The molecule has 5 nitrogen and oxygen atoms in total. The van der Waals surface area contributed by atoms with Crippen molar-refractivity contribution in [3.63, 3.8) is 0 Å². The van der Waals surface area contributed by atoms with Gasteiger partial charge in [0.05, 0.1) is 4.88 Å². The summed E-state index contributed by atoms with van der Waals surface area (Å²) < 4.78 is 6.47. The number of nitrogens with one attached hydrogen (secondary N) is 1. The number of carbonyl (C=O) groups is 2. The molecule has 1 N–H and O–H groups in total. The van der Waals surface area contributed by atoms with Gasteiger partial charge in [0.25, 0.3) is 11.8 Å². The Bertz CT molecular complexity index is 856. The maximum Gasteiger partial charge on any atom is 0.261 e. The Morgan fingerprint density at radius 2 is 2.00 bits per heavy atom. The molecule has 146 valence electrons. The number of amides is 2. The second-order valence-corrected chi connectivity index (χ2v) is 8.97. The molecule has 27 heavy (non-hydrogen) atoms. The molecule has 1 aromatic carbocycles. The van der Waals surface area contributed by atoms with Gasteiger partial charge in [0.15, 0.2) is 0 Å². The zero-order valence-electron chi connectivity index (χ0n) is 16.7. The number of fused-ring (bicyclic) bond motifs is 1. The van der Waals surface area contributed by atoms with Gasteiger partial charge >= 0.3 is 0 Å². The smallest absolute Gasteiger partial charge is 0.261 e. The number of hydrogen-bond acceptors (Lipinski definition) is 4. The zero-order chi connectivity index (χ0) is 19.8. The van der Waals surface area contributed by atoms with E-state index in [9.17, 15) is 9.59 Å². The van der Waals surface area contributed by atoms with Crippen molar-refractivity contribution >= 4 is 33.2 Å². The predicted octanol–water partition coefficient (Wildman–Crippen LogP) is 3.78. The van der Waals surface area contributed by atoms with E-state index in [1.807, 2.05) is 30.9 Å². The van der Waals surface area contributed by atoms with Gasteiger partial charge in [-0.05, 0) is 51.1 Å². The van der Waals surface area contributed by atoms with E-state index in [0.717, 1.165) is 26.9 Å². The highest BCUT2D eigenvalue weighted by Crippen LogP contribution is 2.40. The summed E-state index contributed by atoms with van der Waals surface area (Å²) in [7, 11) is 1.56. The van der Waals surface area contributed by atoms with Gasteiger partial charge in [0.2, 0.25) is 0 Å². The van der Waals surface area contributed by atoms with Crippen molar-refractivity contribution in [1.82, 2.24) is 10.2 Å². The fraction of sp³-hybridized carbons (Fsp3) is 0.524. The monoisotopic (exact) mass is 388 g/mol. The third-order valence-electron chi connectivity index (χ3n) is 5.17. The molecule has 1 fully saturated rings. The number of carbonyl (C=O) groups excluding carboxylic acids is 2. The van der Waals surface area contributed by atoms with Crippen molar-refractivity contribution in [2.75, 3.05) is 20.2 Å². The number of thiophene rings is 1. The van der Waals surface area contributed by atoms with E-state index in [0.29, 0.717) is 13.1 Å². The molecule has 1 aliphatic rings. The molecule has 1 aromatic heterocycles. The summed E-state index contributed by atoms with van der Waals surface area (Å²) in [5, 5.41) is 4.15. The molecule has 0 spiro atoms. The average molecular weight is 389 g/mol. The van der Waals surface area contributed by atoms with Crippen LogP contribution in [0, 0.1) is 0 Å². The van der Waals surface area contributed by atoms with Crippen molar-refractivity contribution in [3.05, 3.63) is 34.7 Å². The third kappa shape index (κ3) is 3.87. The van der Waals surface area contributed by atoms with Crippen LogP contribution in [0.2, 0.25) is 0 Å². The van der Waals surface area contributed by atoms with Crippen molar-refractivity contribution in [1.29, 1.82) is 0 Å². The fourth-order valence-electron chi connectivity index (χ4n) is 3.62. The summed E-state index contributed by atoms with van der Waals surface area (Å²) in [6, 6.07) is 8.23. The lowest BCUT2D eigenvalue weighted by Gasteiger charge is -2.28. The molecule has 1 atom stereocenters. The second-order valence-electron chi connectivity index (χ2n) is 7.92. The quantitative estimate of drug-likeness (QED) is 0.848. The molecule has 0 unspecified atom stereocenters. The molecule has 3 rings (SSSR count). The molecule has 2 heterocycles. The summed E-state index contributed by atoms with van der Waals surface area (Å²) in [5.74, 6) is 0.133. The lowest BCUT2D eigenvalue weighted by atomic mass is 9.95. The Labute approximate surface area is 164 Å². The number of hydrogen-bond donors (Lipinski definition) is 1. The maximum atomic E-state index is 12.8. The number of ether oxygens (including phenoxy) is 1. The van der Waals surface area contributed by atoms with Gasteiger partial charge in [0.1, 0.15) is 5.60 Å². The van der Waals surface area contributed by atoms with Gasteiger partial charge in [0, 0.05) is 36.9 Å². The highest BCUT2D eigenvalue weighted by molar-refractivity contribution is 7.21. The van der Waals surface area contributed by atoms with E-state index in [-0.39, 0.29) is 23.8 Å². The van der Waals surface area contributed by atoms with Gasteiger partial charge in [-0.25, -0.2) is 0 Å². The SMILES string of the molecule is COC(C)(C)C(=O)N1CC[C@@H](c2c(C(=O)NC(C)C)sc3ccccc23)C1. The molecule has 1 saturated heterocycles. The molecule has 0 bridgehead atoms. The normalized spacial score (nSPS) is 17.7. The van der Waals surface area contributed by atoms with E-state index in [1.54, 1.807) is 32.3 Å². The predicted molar refractivity (Wildman–Crippen MR) is 109 cm³/mol. The number of benzene rings is 1. The van der Waals surface area contributed by atoms with E-state index in [4.69, 9.17) is 4.74 Å². The molecule has 2 aromatic rings. The lowest BCUT2D eigenvalue weighted by Crippen LogP contribution is -2.45. The number of likely N-dealkylation sites (tertiary alicyclic amines) is 1. The second kappa shape index (κ2) is 7.60. The van der Waals surface area contributed by atoms with E-state index in [1.165, 1.54) is 0 Å². The number of methoxy groups -OCH3 is 1. The van der Waals surface area contributed by atoms with Crippen LogP contribution in [0.5, 0.6) is 0 Å². The summed E-state index contributed by atoms with van der Waals surface area (Å²) in [5.41, 5.74) is 0.253. The van der Waals surface area contributed by atoms with Crippen LogP contribution < -0.4 is 5.32 Å². The lowest BCUT2D eigenvalue weighted by molar-refractivity contribution is -0.149. The Morgan fingerprint density at radius 3 is 2.67 bits per heavy atom. The molecule has 0 aliphatic carbocycles. The van der Waals surface area contributed by atoms with E-state index >= 15 is 0 Å². The first kappa shape index (κ1) is 19.8. The Kier molecular flexibility index (Phi) is 5.58. The molecule has 1 aliphatic heterocycles. The van der Waals surface area contributed by atoms with Gasteiger partial charge < -0.3 is 15.0 Å². The van der Waals surface area contributed by atoms with E-state index < -0.39 is 5.60 Å². The molecule has 0 radical (unpaired) electrons. The molecule has 6 heteroatoms. The Balaban J connectivity index is 1.94. The van der Waals surface area contributed by atoms with Crippen LogP contribution in [-0.4, -0.2) is 48.6 Å². The number of rotatable bonds is 5. The maximum absolute atomic E-state index is 12.8. The summed E-state index contributed by atoms with van der Waals surface area (Å²) >= 11 is 1.54. The summed E-state index contributed by atoms with van der Waals surface area (Å²) in [4.78, 5) is 28.2. The topological polar surface area (TPSA) is 58.6 Å². The first-order valence-corrected chi connectivity index (χ1v) is 10.2. The standard InChI is InChI=1S/C21H28N2O3S/c1-13(2)22-19(24)18-17(15-8-6-7-9-16(15)27-18)14-10-11-23(12-14)20(25)21(3,4)26-5/h6-9,13-14H,10-12H2,1-5H3,(H,22,24)/t14-/m1/s1. The van der Waals surface area contributed by atoms with Crippen molar-refractivity contribution in [2.45, 2.75) is 51.7 Å². The summed E-state index contributed by atoms with van der Waals surface area (Å²) in [6.07, 6.45) is 0.855. The van der Waals surface area contributed by atoms with Gasteiger partial charge in [-0.15, -0.1) is 11.3 Å². The first-order valence-electron chi connectivity index (χ1n) is 9.41. The molecular formula is C21H28N2O3S. The highest BCUT2D eigenvalue weighted by atomic mass is 32.1. The van der Waals surface area contributed by atoms with E-state index in [2.05, 4.69) is 17.4 Å². The zero-order valence-corrected chi connectivity index (χ0v) is 17.5. The van der Waals surface area contributed by atoms with Gasteiger partial charge in [-0.3, -0.25) is 9.59 Å². The van der Waals surface area contributed by atoms with Crippen LogP contribution in [0.4, 0.5) is 0 Å². The highest BCUT2D eigenvalue weighted by Gasteiger charge is 2.38. The fourth-order valence-corrected chi connectivity index (χ4v) is 4.81. The third-order valence-corrected chi connectivity index (χ3v) is 6.35. The van der Waals surface area contributed by atoms with Crippen molar-refractivity contribution < 1.29 is 14.3 Å². The summed E-state index contributed by atoms with van der Waals surface area (Å²) in [6.45, 7) is 8.83. The Hall–Kier alpha value is -1.92. The van der Waals surface area contributed by atoms with Gasteiger partial charge in [-0.1, -0.05) is 18.2 Å². The average Bonchev–Trinajstić information content (AvgIpc) is 3.24.